The molecule has 7 nitrogen and oxygen atoms in total. The number of carbonyl (C=O) groups is 1. The molecular weight excluding hydrogens is 467 g/mol. The summed E-state index contributed by atoms with van der Waals surface area (Å²) in [6.07, 6.45) is 0. The number of nitrogens with one attached hydrogen (secondary N) is 2. The van der Waals surface area contributed by atoms with Crippen LogP contribution < -0.4 is 10.6 Å². The highest BCUT2D eigenvalue weighted by Gasteiger charge is 2.14. The lowest BCUT2D eigenvalue weighted by Crippen LogP contribution is -2.44. The van der Waals surface area contributed by atoms with Gasteiger partial charge in [-0.1, -0.05) is 30.3 Å². The van der Waals surface area contributed by atoms with Gasteiger partial charge in [0.25, 0.3) is 0 Å². The topological polar surface area (TPSA) is 74.6 Å². The minimum atomic E-state index is 0. The molecule has 0 bridgehead atoms. The lowest BCUT2D eigenvalue weighted by atomic mass is 10.2. The zero-order chi connectivity index (χ0) is 19.8. The van der Waals surface area contributed by atoms with Crippen molar-refractivity contribution in [3.05, 3.63) is 52.8 Å². The fraction of sp³-hybridized carbons (Fsp3) is 0.450. The molecule has 1 heterocycles. The van der Waals surface area contributed by atoms with Crippen molar-refractivity contribution < 1.29 is 4.79 Å². The maximum Gasteiger partial charge on any atom is 0.242 e. The van der Waals surface area contributed by atoms with Crippen LogP contribution in [0.25, 0.3) is 0 Å². The van der Waals surface area contributed by atoms with Gasteiger partial charge in [0.05, 0.1) is 12.2 Å². The van der Waals surface area contributed by atoms with Crippen LogP contribution in [0.15, 0.2) is 35.3 Å². The Kier molecular flexibility index (Phi) is 9.98. The van der Waals surface area contributed by atoms with Crippen molar-refractivity contribution >= 4 is 35.8 Å². The Hall–Kier alpha value is -2.10. The minimum Gasteiger partial charge on any atom is -0.352 e. The smallest absolute Gasteiger partial charge is 0.242 e. The summed E-state index contributed by atoms with van der Waals surface area (Å²) in [6.45, 7) is 8.10. The molecule has 0 unspecified atom stereocenters. The number of hydrogen-bond donors (Lipinski definition) is 2. The van der Waals surface area contributed by atoms with Gasteiger partial charge >= 0.3 is 0 Å². The quantitative estimate of drug-likeness (QED) is 0.349. The van der Waals surface area contributed by atoms with Crippen LogP contribution >= 0.6 is 24.0 Å². The summed E-state index contributed by atoms with van der Waals surface area (Å²) in [7, 11) is 3.63. The summed E-state index contributed by atoms with van der Waals surface area (Å²) in [5, 5.41) is 10.8. The summed E-state index contributed by atoms with van der Waals surface area (Å²) >= 11 is 0. The summed E-state index contributed by atoms with van der Waals surface area (Å²) in [4.78, 5) is 18.6. The van der Waals surface area contributed by atoms with E-state index in [9.17, 15) is 4.79 Å². The zero-order valence-electron chi connectivity index (χ0n) is 17.3. The first-order valence-corrected chi connectivity index (χ1v) is 9.21. The molecule has 0 aliphatic carbocycles. The number of rotatable bonds is 7. The molecule has 0 fully saturated rings. The normalized spacial score (nSPS) is 11.0. The van der Waals surface area contributed by atoms with Crippen molar-refractivity contribution in [2.24, 2.45) is 12.0 Å². The molecule has 0 aliphatic heterocycles. The average Bonchev–Trinajstić information content (AvgIpc) is 2.92. The number of amides is 1. The van der Waals surface area contributed by atoms with Crippen molar-refractivity contribution in [1.29, 1.82) is 0 Å². The van der Waals surface area contributed by atoms with E-state index in [1.54, 1.807) is 7.05 Å². The number of halogens is 1. The second-order valence-corrected chi connectivity index (χ2v) is 6.45. The van der Waals surface area contributed by atoms with Crippen LogP contribution in [0.3, 0.4) is 0 Å². The molecular formula is C20H31IN6O. The molecule has 28 heavy (non-hydrogen) atoms. The number of aryl methyl sites for hydroxylation is 2. The first kappa shape index (κ1) is 23.9. The van der Waals surface area contributed by atoms with E-state index < -0.39 is 0 Å². The van der Waals surface area contributed by atoms with E-state index in [1.807, 2.05) is 67.7 Å². The molecule has 0 saturated heterocycles. The Labute approximate surface area is 184 Å². The van der Waals surface area contributed by atoms with Crippen LogP contribution in [-0.2, 0) is 24.9 Å². The fourth-order valence-electron chi connectivity index (χ4n) is 2.92. The Bertz CT molecular complexity index is 787. The number of aromatic nitrogens is 2. The summed E-state index contributed by atoms with van der Waals surface area (Å²) in [5.74, 6) is 0.639. The highest BCUT2D eigenvalue weighted by atomic mass is 127. The van der Waals surface area contributed by atoms with Crippen LogP contribution in [-0.4, -0.2) is 46.7 Å². The van der Waals surface area contributed by atoms with Gasteiger partial charge < -0.3 is 15.5 Å². The lowest BCUT2D eigenvalue weighted by molar-refractivity contribution is -0.130. The molecule has 2 aromatic rings. The predicted molar refractivity (Wildman–Crippen MR) is 124 cm³/mol. The van der Waals surface area contributed by atoms with Gasteiger partial charge in [-0.05, 0) is 26.3 Å². The third-order valence-electron chi connectivity index (χ3n) is 4.67. The Morgan fingerprint density at radius 1 is 1.21 bits per heavy atom. The van der Waals surface area contributed by atoms with Gasteiger partial charge in [-0.25, -0.2) is 0 Å². The largest absolute Gasteiger partial charge is 0.352 e. The van der Waals surface area contributed by atoms with Gasteiger partial charge in [-0.15, -0.1) is 24.0 Å². The van der Waals surface area contributed by atoms with Crippen molar-refractivity contribution in [1.82, 2.24) is 25.3 Å². The number of likely N-dealkylation sites (N-methyl/N-ethyl adjacent to an activating group) is 1. The first-order chi connectivity index (χ1) is 13.0. The molecule has 154 valence electrons. The van der Waals surface area contributed by atoms with Crippen molar-refractivity contribution in [2.45, 2.75) is 33.9 Å². The van der Waals surface area contributed by atoms with Gasteiger partial charge in [-0.3, -0.25) is 14.5 Å². The average molecular weight is 498 g/mol. The standard InChI is InChI=1S/C20H30N6O.HI/c1-6-26(14-17-10-8-7-9-11-17)19(27)13-23-20(21-4)22-12-18-15(2)24-25(5)16(18)3;/h7-11H,6,12-14H2,1-5H3,(H2,21,22,23);1H. The number of aliphatic imine (C=N–C) groups is 1. The number of nitrogens with zero attached hydrogens (tertiary/aromatic N) is 4. The number of carbonyl (C=O) groups excluding carboxylic acids is 1. The predicted octanol–water partition coefficient (Wildman–Crippen LogP) is 2.37. The summed E-state index contributed by atoms with van der Waals surface area (Å²) in [5.41, 5.74) is 4.38. The molecule has 0 radical (unpaired) electrons. The highest BCUT2D eigenvalue weighted by molar-refractivity contribution is 14.0. The van der Waals surface area contributed by atoms with Crippen molar-refractivity contribution in [2.75, 3.05) is 20.1 Å². The lowest BCUT2D eigenvalue weighted by Gasteiger charge is -2.22. The highest BCUT2D eigenvalue weighted by Crippen LogP contribution is 2.11. The van der Waals surface area contributed by atoms with Gasteiger partial charge in [0, 0.05) is 45.0 Å². The van der Waals surface area contributed by atoms with Crippen LogP contribution in [0.5, 0.6) is 0 Å². The van der Waals surface area contributed by atoms with E-state index >= 15 is 0 Å². The second kappa shape index (κ2) is 11.7. The van der Waals surface area contributed by atoms with E-state index in [4.69, 9.17) is 0 Å². The summed E-state index contributed by atoms with van der Waals surface area (Å²) in [6, 6.07) is 10.0. The van der Waals surface area contributed by atoms with Crippen LogP contribution in [0.1, 0.15) is 29.4 Å². The molecule has 2 rings (SSSR count). The Balaban J connectivity index is 0.00000392. The molecule has 0 spiro atoms. The Morgan fingerprint density at radius 3 is 2.43 bits per heavy atom. The maximum atomic E-state index is 12.6. The van der Waals surface area contributed by atoms with E-state index in [0.717, 1.165) is 22.5 Å². The van der Waals surface area contributed by atoms with E-state index in [0.29, 0.717) is 25.6 Å². The number of hydrogen-bond acceptors (Lipinski definition) is 3. The molecule has 1 aromatic carbocycles. The second-order valence-electron chi connectivity index (χ2n) is 6.45. The van der Waals surface area contributed by atoms with E-state index in [2.05, 4.69) is 20.7 Å². The molecule has 8 heteroatoms. The summed E-state index contributed by atoms with van der Waals surface area (Å²) < 4.78 is 1.87. The van der Waals surface area contributed by atoms with Gasteiger partial charge in [0.1, 0.15) is 0 Å². The monoisotopic (exact) mass is 498 g/mol. The van der Waals surface area contributed by atoms with E-state index in [-0.39, 0.29) is 36.4 Å². The third-order valence-corrected chi connectivity index (χ3v) is 4.67. The Morgan fingerprint density at radius 2 is 1.89 bits per heavy atom. The molecule has 0 aliphatic rings. The molecule has 0 saturated carbocycles. The number of benzene rings is 1. The fourth-order valence-corrected chi connectivity index (χ4v) is 2.92. The van der Waals surface area contributed by atoms with Gasteiger partial charge in [-0.2, -0.15) is 5.10 Å². The first-order valence-electron chi connectivity index (χ1n) is 9.21. The van der Waals surface area contributed by atoms with Crippen LogP contribution in [0, 0.1) is 13.8 Å². The SMILES string of the molecule is CCN(Cc1ccccc1)C(=O)CNC(=NC)NCc1c(C)nn(C)c1C.I. The van der Waals surface area contributed by atoms with E-state index in [1.165, 1.54) is 0 Å². The number of guanidine groups is 1. The molecule has 0 atom stereocenters. The molecule has 1 aromatic heterocycles. The van der Waals surface area contributed by atoms with Crippen LogP contribution in [0.4, 0.5) is 0 Å². The maximum absolute atomic E-state index is 12.6. The van der Waals surface area contributed by atoms with Crippen LogP contribution in [0.2, 0.25) is 0 Å². The van der Waals surface area contributed by atoms with Gasteiger partial charge in [0.15, 0.2) is 5.96 Å². The minimum absolute atomic E-state index is 0. The van der Waals surface area contributed by atoms with Gasteiger partial charge in [0.2, 0.25) is 5.91 Å². The van der Waals surface area contributed by atoms with Crippen molar-refractivity contribution in [3.8, 4) is 0 Å². The molecule has 2 N–H and O–H groups in total. The van der Waals surface area contributed by atoms with Crippen molar-refractivity contribution in [3.63, 3.8) is 0 Å². The zero-order valence-corrected chi connectivity index (χ0v) is 19.7. The third kappa shape index (κ3) is 6.50. The molecule has 1 amide bonds.